The molecule has 19 heavy (non-hydrogen) atoms. The largest absolute Gasteiger partial charge is 0.497 e. The van der Waals surface area contributed by atoms with Gasteiger partial charge in [-0.3, -0.25) is 4.98 Å². The number of pyridine rings is 1. The van der Waals surface area contributed by atoms with Crippen LogP contribution in [0.25, 0.3) is 0 Å². The van der Waals surface area contributed by atoms with Crippen LogP contribution in [0.3, 0.4) is 0 Å². The molecule has 2 rings (SSSR count). The number of hydrogen-bond donors (Lipinski definition) is 1. The molecule has 2 heterocycles. The van der Waals surface area contributed by atoms with Crippen LogP contribution in [-0.2, 0) is 15.7 Å². The van der Waals surface area contributed by atoms with Crippen molar-refractivity contribution in [1.82, 2.24) is 4.98 Å². The lowest BCUT2D eigenvalue weighted by Crippen LogP contribution is -2.41. The molecule has 4 nitrogen and oxygen atoms in total. The number of aryl methyl sites for hydroxylation is 1. The molecule has 1 aliphatic rings. The summed E-state index contributed by atoms with van der Waals surface area (Å²) in [6.07, 6.45) is 3.69. The van der Waals surface area contributed by atoms with E-state index in [1.165, 1.54) is 0 Å². The zero-order chi connectivity index (χ0) is 14.3. The zero-order valence-corrected chi connectivity index (χ0v) is 12.5. The Kier molecular flexibility index (Phi) is 3.62. The van der Waals surface area contributed by atoms with Crippen LogP contribution >= 0.6 is 0 Å². The Bertz CT molecular complexity index is 459. The first kappa shape index (κ1) is 14.3. The minimum absolute atomic E-state index is 0.349. The first-order chi connectivity index (χ1) is 8.77. The van der Waals surface area contributed by atoms with Crippen molar-refractivity contribution in [1.29, 1.82) is 0 Å². The Balaban J connectivity index is 2.31. The molecule has 0 unspecified atom stereocenters. The molecule has 1 aliphatic heterocycles. The van der Waals surface area contributed by atoms with Crippen molar-refractivity contribution in [2.45, 2.75) is 58.7 Å². The third-order valence-electron chi connectivity index (χ3n) is 4.04. The van der Waals surface area contributed by atoms with Gasteiger partial charge in [-0.15, -0.1) is 0 Å². The average Bonchev–Trinajstić information content (AvgIpc) is 2.51. The predicted molar refractivity (Wildman–Crippen MR) is 78.4 cm³/mol. The van der Waals surface area contributed by atoms with Crippen molar-refractivity contribution in [2.24, 2.45) is 0 Å². The molecule has 0 saturated carbocycles. The van der Waals surface area contributed by atoms with Gasteiger partial charge in [-0.25, -0.2) is 0 Å². The van der Waals surface area contributed by atoms with E-state index in [1.54, 1.807) is 6.20 Å². The molecule has 0 amide bonds. The third kappa shape index (κ3) is 2.62. The lowest BCUT2D eigenvalue weighted by atomic mass is 9.78. The number of rotatable bonds is 3. The summed E-state index contributed by atoms with van der Waals surface area (Å²) in [6.45, 7) is 10.3. The number of nitrogens with zero attached hydrogens (tertiary/aromatic N) is 1. The third-order valence-corrected chi connectivity index (χ3v) is 4.04. The maximum Gasteiger partial charge on any atom is 0.497 e. The molecule has 104 valence electrons. The lowest BCUT2D eigenvalue weighted by molar-refractivity contribution is 0.00578. The first-order valence-electron chi connectivity index (χ1n) is 6.87. The van der Waals surface area contributed by atoms with Crippen LogP contribution in [0.4, 0.5) is 5.69 Å². The molecule has 0 atom stereocenters. The van der Waals surface area contributed by atoms with Crippen LogP contribution in [-0.4, -0.2) is 23.3 Å². The van der Waals surface area contributed by atoms with Crippen molar-refractivity contribution in [3.05, 3.63) is 18.0 Å². The molecule has 0 bridgehead atoms. The van der Waals surface area contributed by atoms with Gasteiger partial charge in [0.15, 0.2) is 0 Å². The topological polar surface area (TPSA) is 57.4 Å². The number of aromatic nitrogens is 1. The molecular formula is C14H23BN2O2. The first-order valence-corrected chi connectivity index (χ1v) is 6.87. The molecular weight excluding hydrogens is 239 g/mol. The quantitative estimate of drug-likeness (QED) is 0.845. The van der Waals surface area contributed by atoms with Crippen molar-refractivity contribution < 1.29 is 9.31 Å². The second-order valence-electron chi connectivity index (χ2n) is 6.14. The molecule has 0 aliphatic carbocycles. The Morgan fingerprint density at radius 3 is 2.32 bits per heavy atom. The van der Waals surface area contributed by atoms with Crippen molar-refractivity contribution in [2.75, 3.05) is 5.73 Å². The monoisotopic (exact) mass is 262 g/mol. The van der Waals surface area contributed by atoms with E-state index in [0.29, 0.717) is 5.69 Å². The van der Waals surface area contributed by atoms with Gasteiger partial charge >= 0.3 is 7.12 Å². The highest BCUT2D eigenvalue weighted by molar-refractivity contribution is 6.63. The van der Waals surface area contributed by atoms with E-state index in [-0.39, 0.29) is 11.2 Å². The van der Waals surface area contributed by atoms with Gasteiger partial charge in [0.2, 0.25) is 0 Å². The fourth-order valence-corrected chi connectivity index (χ4v) is 2.09. The van der Waals surface area contributed by atoms with E-state index in [0.717, 1.165) is 24.0 Å². The van der Waals surface area contributed by atoms with Gasteiger partial charge in [0.05, 0.1) is 11.2 Å². The summed E-state index contributed by atoms with van der Waals surface area (Å²) in [6, 6.07) is 2.00. The van der Waals surface area contributed by atoms with Crippen LogP contribution in [0.2, 0.25) is 0 Å². The molecule has 2 N–H and O–H groups in total. The second-order valence-corrected chi connectivity index (χ2v) is 6.14. The van der Waals surface area contributed by atoms with E-state index in [1.807, 2.05) is 33.8 Å². The average molecular weight is 262 g/mol. The van der Waals surface area contributed by atoms with Gasteiger partial charge in [0, 0.05) is 23.0 Å². The summed E-state index contributed by atoms with van der Waals surface area (Å²) in [7, 11) is -0.413. The Hall–Kier alpha value is -1.07. The van der Waals surface area contributed by atoms with Crippen LogP contribution in [0.1, 0.15) is 46.7 Å². The fraction of sp³-hybridized carbons (Fsp3) is 0.643. The molecule has 0 radical (unpaired) electrons. The Morgan fingerprint density at radius 2 is 1.79 bits per heavy atom. The van der Waals surface area contributed by atoms with Gasteiger partial charge < -0.3 is 15.0 Å². The highest BCUT2D eigenvalue weighted by atomic mass is 16.7. The highest BCUT2D eigenvalue weighted by Crippen LogP contribution is 2.36. The number of anilines is 1. The highest BCUT2D eigenvalue weighted by Gasteiger charge is 2.52. The van der Waals surface area contributed by atoms with Gasteiger partial charge in [-0.2, -0.15) is 0 Å². The molecule has 1 saturated heterocycles. The van der Waals surface area contributed by atoms with E-state index < -0.39 is 7.12 Å². The standard InChI is InChI=1S/C14H23BN2O2/c1-6-7-10-8-11(12(16)9-17-10)15-18-13(2,3)14(4,5)19-15/h8-9H,6-7,16H2,1-5H3. The van der Waals surface area contributed by atoms with Gasteiger partial charge in [-0.1, -0.05) is 13.3 Å². The lowest BCUT2D eigenvalue weighted by Gasteiger charge is -2.32. The zero-order valence-electron chi connectivity index (χ0n) is 12.5. The van der Waals surface area contributed by atoms with E-state index in [9.17, 15) is 0 Å². The fourth-order valence-electron chi connectivity index (χ4n) is 2.09. The van der Waals surface area contributed by atoms with Crippen LogP contribution in [0.15, 0.2) is 12.3 Å². The molecule has 1 fully saturated rings. The van der Waals surface area contributed by atoms with E-state index in [2.05, 4.69) is 11.9 Å². The maximum absolute atomic E-state index is 6.03. The summed E-state index contributed by atoms with van der Waals surface area (Å²) >= 11 is 0. The normalized spacial score (nSPS) is 20.8. The molecule has 1 aromatic heterocycles. The number of hydrogen-bond acceptors (Lipinski definition) is 4. The summed E-state index contributed by atoms with van der Waals surface area (Å²) in [5.41, 5.74) is 7.86. The summed E-state index contributed by atoms with van der Waals surface area (Å²) in [5, 5.41) is 0. The van der Waals surface area contributed by atoms with Crippen molar-refractivity contribution in [3.8, 4) is 0 Å². The van der Waals surface area contributed by atoms with Crippen molar-refractivity contribution >= 4 is 18.3 Å². The number of nitrogen functional groups attached to an aromatic ring is 1. The van der Waals surface area contributed by atoms with E-state index >= 15 is 0 Å². The summed E-state index contributed by atoms with van der Waals surface area (Å²) < 4.78 is 12.1. The molecule has 0 spiro atoms. The predicted octanol–water partition coefficient (Wildman–Crippen LogP) is 1.92. The van der Waals surface area contributed by atoms with E-state index in [4.69, 9.17) is 15.0 Å². The maximum atomic E-state index is 6.03. The summed E-state index contributed by atoms with van der Waals surface area (Å²) in [4.78, 5) is 4.34. The minimum Gasteiger partial charge on any atom is -0.399 e. The van der Waals surface area contributed by atoms with Gasteiger partial charge in [0.25, 0.3) is 0 Å². The molecule has 5 heteroatoms. The Labute approximate surface area is 115 Å². The SMILES string of the molecule is CCCc1cc(B2OC(C)(C)C(C)(C)O2)c(N)cn1. The van der Waals surface area contributed by atoms with Crippen LogP contribution in [0, 0.1) is 0 Å². The van der Waals surface area contributed by atoms with Gasteiger partial charge in [-0.05, 0) is 40.2 Å². The van der Waals surface area contributed by atoms with Gasteiger partial charge in [0.1, 0.15) is 0 Å². The summed E-state index contributed by atoms with van der Waals surface area (Å²) in [5.74, 6) is 0. The minimum atomic E-state index is -0.413. The van der Waals surface area contributed by atoms with Crippen LogP contribution in [0.5, 0.6) is 0 Å². The number of nitrogens with two attached hydrogens (primary N) is 1. The Morgan fingerprint density at radius 1 is 1.21 bits per heavy atom. The molecule has 1 aromatic rings. The van der Waals surface area contributed by atoms with Crippen molar-refractivity contribution in [3.63, 3.8) is 0 Å². The smallest absolute Gasteiger partial charge is 0.399 e. The van der Waals surface area contributed by atoms with Crippen LogP contribution < -0.4 is 11.2 Å². The molecule has 0 aromatic carbocycles. The second kappa shape index (κ2) is 4.80.